The molecule has 36 heavy (non-hydrogen) atoms. The smallest absolute Gasteiger partial charge is 0.241 e. The lowest BCUT2D eigenvalue weighted by Gasteiger charge is -2.14. The molecular weight excluding hydrogens is 452 g/mol. The van der Waals surface area contributed by atoms with Crippen molar-refractivity contribution in [1.29, 1.82) is 0 Å². The van der Waals surface area contributed by atoms with Crippen molar-refractivity contribution in [3.05, 3.63) is 96.3 Å². The van der Waals surface area contributed by atoms with Crippen LogP contribution in [0.3, 0.4) is 0 Å². The SMILES string of the molecule is NC(Cc1c[nH]c2ccccc12)C(=O)Nc1ccc(NC(=O)C(N)Cc2c[nH]c3ccccc23)cc1. The highest BCUT2D eigenvalue weighted by molar-refractivity contribution is 5.97. The van der Waals surface area contributed by atoms with E-state index in [4.69, 9.17) is 11.5 Å². The van der Waals surface area contributed by atoms with Crippen LogP contribution in [-0.4, -0.2) is 33.9 Å². The summed E-state index contributed by atoms with van der Waals surface area (Å²) in [4.78, 5) is 31.7. The molecule has 2 amide bonds. The average Bonchev–Trinajstić information content (AvgIpc) is 3.49. The third-order valence-electron chi connectivity index (χ3n) is 6.32. The fourth-order valence-electron chi connectivity index (χ4n) is 4.37. The zero-order chi connectivity index (χ0) is 25.1. The normalized spacial score (nSPS) is 12.9. The van der Waals surface area contributed by atoms with Gasteiger partial charge < -0.3 is 32.1 Å². The number of rotatable bonds is 8. The third-order valence-corrected chi connectivity index (χ3v) is 6.32. The molecule has 8 N–H and O–H groups in total. The van der Waals surface area contributed by atoms with Crippen LogP contribution in [0.4, 0.5) is 11.4 Å². The molecule has 8 heteroatoms. The second kappa shape index (κ2) is 10.1. The van der Waals surface area contributed by atoms with Gasteiger partial charge >= 0.3 is 0 Å². The van der Waals surface area contributed by atoms with Crippen molar-refractivity contribution >= 4 is 45.0 Å². The minimum atomic E-state index is -0.703. The Kier molecular flexibility index (Phi) is 6.53. The molecule has 0 aliphatic carbocycles. The van der Waals surface area contributed by atoms with Crippen LogP contribution in [0, 0.1) is 0 Å². The van der Waals surface area contributed by atoms with E-state index in [9.17, 15) is 9.59 Å². The fourth-order valence-corrected chi connectivity index (χ4v) is 4.37. The van der Waals surface area contributed by atoms with Gasteiger partial charge in [-0.15, -0.1) is 0 Å². The summed E-state index contributed by atoms with van der Waals surface area (Å²) in [6, 6.07) is 21.3. The standard InChI is InChI=1S/C28H28N6O2/c29-23(13-17-15-31-25-7-3-1-5-21(17)25)27(35)33-19-9-11-20(12-10-19)34-28(36)24(30)14-18-16-32-26-8-4-2-6-22(18)26/h1-12,15-16,23-24,31-32H,13-14,29-30H2,(H,33,35)(H,34,36). The number of carbonyl (C=O) groups excluding carboxylic acids is 2. The first-order valence-corrected chi connectivity index (χ1v) is 11.8. The van der Waals surface area contributed by atoms with Crippen LogP contribution in [0.1, 0.15) is 11.1 Å². The summed E-state index contributed by atoms with van der Waals surface area (Å²) in [5.41, 5.74) is 17.5. The lowest BCUT2D eigenvalue weighted by Crippen LogP contribution is -2.37. The first kappa shape index (κ1) is 23.3. The summed E-state index contributed by atoms with van der Waals surface area (Å²) in [7, 11) is 0. The first-order chi connectivity index (χ1) is 17.5. The summed E-state index contributed by atoms with van der Waals surface area (Å²) >= 11 is 0. The monoisotopic (exact) mass is 480 g/mol. The number of nitrogens with one attached hydrogen (secondary N) is 4. The van der Waals surface area contributed by atoms with Gasteiger partial charge in [-0.3, -0.25) is 9.59 Å². The van der Waals surface area contributed by atoms with Crippen molar-refractivity contribution in [3.63, 3.8) is 0 Å². The van der Waals surface area contributed by atoms with Crippen molar-refractivity contribution in [2.75, 3.05) is 10.6 Å². The Morgan fingerprint density at radius 1 is 0.639 bits per heavy atom. The summed E-state index contributed by atoms with van der Waals surface area (Å²) in [5.74, 6) is -0.560. The number of amides is 2. The number of benzene rings is 3. The summed E-state index contributed by atoms with van der Waals surface area (Å²) in [6.07, 6.45) is 4.60. The molecule has 2 heterocycles. The molecule has 3 aromatic carbocycles. The van der Waals surface area contributed by atoms with Gasteiger partial charge in [-0.05, 0) is 60.4 Å². The van der Waals surface area contributed by atoms with Crippen LogP contribution in [0.15, 0.2) is 85.2 Å². The fraction of sp³-hybridized carbons (Fsp3) is 0.143. The topological polar surface area (TPSA) is 142 Å². The Labute approximate surface area is 208 Å². The van der Waals surface area contributed by atoms with E-state index in [0.717, 1.165) is 32.9 Å². The molecule has 5 rings (SSSR count). The van der Waals surface area contributed by atoms with Crippen LogP contribution in [0.25, 0.3) is 21.8 Å². The van der Waals surface area contributed by atoms with E-state index >= 15 is 0 Å². The van der Waals surface area contributed by atoms with E-state index in [2.05, 4.69) is 20.6 Å². The van der Waals surface area contributed by atoms with E-state index < -0.39 is 12.1 Å². The molecule has 0 saturated carbocycles. The summed E-state index contributed by atoms with van der Waals surface area (Å²) in [5, 5.41) is 7.79. The number of fused-ring (bicyclic) bond motifs is 2. The van der Waals surface area contributed by atoms with Crippen LogP contribution < -0.4 is 22.1 Å². The van der Waals surface area contributed by atoms with Crippen LogP contribution >= 0.6 is 0 Å². The molecule has 0 saturated heterocycles. The second-order valence-corrected chi connectivity index (χ2v) is 8.90. The second-order valence-electron chi connectivity index (χ2n) is 8.90. The van der Waals surface area contributed by atoms with Crippen LogP contribution in [-0.2, 0) is 22.4 Å². The van der Waals surface area contributed by atoms with Crippen molar-refractivity contribution in [2.24, 2.45) is 11.5 Å². The maximum absolute atomic E-state index is 12.6. The van der Waals surface area contributed by atoms with E-state index in [1.54, 1.807) is 24.3 Å². The molecule has 0 radical (unpaired) electrons. The molecule has 2 unspecified atom stereocenters. The number of hydrogen-bond acceptors (Lipinski definition) is 4. The van der Waals surface area contributed by atoms with E-state index in [0.29, 0.717) is 24.2 Å². The Morgan fingerprint density at radius 3 is 1.44 bits per heavy atom. The maximum Gasteiger partial charge on any atom is 0.241 e. The molecule has 0 aliphatic heterocycles. The molecule has 0 fully saturated rings. The number of para-hydroxylation sites is 2. The first-order valence-electron chi connectivity index (χ1n) is 11.8. The van der Waals surface area contributed by atoms with Crippen molar-refractivity contribution in [1.82, 2.24) is 9.97 Å². The number of aromatic nitrogens is 2. The number of aromatic amines is 2. The van der Waals surface area contributed by atoms with Gasteiger partial charge in [0, 0.05) is 45.6 Å². The van der Waals surface area contributed by atoms with E-state index in [-0.39, 0.29) is 11.8 Å². The van der Waals surface area contributed by atoms with Gasteiger partial charge in [0.1, 0.15) is 0 Å². The molecule has 2 atom stereocenters. The Bertz CT molecular complexity index is 1400. The zero-order valence-electron chi connectivity index (χ0n) is 19.6. The summed E-state index contributed by atoms with van der Waals surface area (Å²) < 4.78 is 0. The highest BCUT2D eigenvalue weighted by atomic mass is 16.2. The Balaban J connectivity index is 1.15. The minimum Gasteiger partial charge on any atom is -0.361 e. The zero-order valence-corrected chi connectivity index (χ0v) is 19.6. The highest BCUT2D eigenvalue weighted by Crippen LogP contribution is 2.21. The van der Waals surface area contributed by atoms with Crippen molar-refractivity contribution < 1.29 is 9.59 Å². The molecule has 0 spiro atoms. The number of carbonyl (C=O) groups is 2. The summed E-state index contributed by atoms with van der Waals surface area (Å²) in [6.45, 7) is 0. The molecular formula is C28H28N6O2. The van der Waals surface area contributed by atoms with Crippen LogP contribution in [0.5, 0.6) is 0 Å². The van der Waals surface area contributed by atoms with Gasteiger partial charge in [0.2, 0.25) is 11.8 Å². The quantitative estimate of drug-likeness (QED) is 0.201. The third kappa shape index (κ3) is 5.00. The van der Waals surface area contributed by atoms with Gasteiger partial charge in [0.15, 0.2) is 0 Å². The highest BCUT2D eigenvalue weighted by Gasteiger charge is 2.18. The lowest BCUT2D eigenvalue weighted by atomic mass is 10.0. The lowest BCUT2D eigenvalue weighted by molar-refractivity contribution is -0.118. The molecule has 5 aromatic rings. The van der Waals surface area contributed by atoms with Crippen molar-refractivity contribution in [3.8, 4) is 0 Å². The largest absolute Gasteiger partial charge is 0.361 e. The predicted molar refractivity (Wildman–Crippen MR) is 144 cm³/mol. The minimum absolute atomic E-state index is 0.280. The maximum atomic E-state index is 12.6. The Morgan fingerprint density at radius 2 is 1.03 bits per heavy atom. The van der Waals surface area contributed by atoms with Gasteiger partial charge in [0.25, 0.3) is 0 Å². The predicted octanol–water partition coefficient (Wildman–Crippen LogP) is 3.67. The molecule has 182 valence electrons. The molecule has 8 nitrogen and oxygen atoms in total. The van der Waals surface area contributed by atoms with Crippen molar-refractivity contribution in [2.45, 2.75) is 24.9 Å². The number of hydrogen-bond donors (Lipinski definition) is 6. The van der Waals surface area contributed by atoms with E-state index in [1.165, 1.54) is 0 Å². The number of H-pyrrole nitrogens is 2. The van der Waals surface area contributed by atoms with Gasteiger partial charge in [-0.2, -0.15) is 0 Å². The number of nitrogens with two attached hydrogens (primary N) is 2. The number of anilines is 2. The average molecular weight is 481 g/mol. The van der Waals surface area contributed by atoms with Gasteiger partial charge in [-0.1, -0.05) is 36.4 Å². The molecule has 0 bridgehead atoms. The van der Waals surface area contributed by atoms with E-state index in [1.807, 2.05) is 60.9 Å². The van der Waals surface area contributed by atoms with Gasteiger partial charge in [-0.25, -0.2) is 0 Å². The van der Waals surface area contributed by atoms with Crippen LogP contribution in [0.2, 0.25) is 0 Å². The van der Waals surface area contributed by atoms with Gasteiger partial charge in [0.05, 0.1) is 12.1 Å². The Hall–Kier alpha value is -4.40. The molecule has 0 aliphatic rings. The molecule has 2 aromatic heterocycles.